The molecule has 2 rings (SSSR count). The molecule has 1 aliphatic carbocycles. The van der Waals surface area contributed by atoms with Crippen molar-refractivity contribution in [2.45, 2.75) is 83.2 Å². The van der Waals surface area contributed by atoms with Gasteiger partial charge in [0.05, 0.1) is 0 Å². The zero-order chi connectivity index (χ0) is 13.5. The van der Waals surface area contributed by atoms with Crippen LogP contribution in [0.4, 0.5) is 0 Å². The van der Waals surface area contributed by atoms with Crippen LogP contribution in [0.3, 0.4) is 0 Å². The van der Waals surface area contributed by atoms with E-state index in [4.69, 9.17) is 0 Å². The van der Waals surface area contributed by atoms with Gasteiger partial charge < -0.3 is 5.32 Å². The normalized spacial score (nSPS) is 28.4. The van der Waals surface area contributed by atoms with Gasteiger partial charge in [-0.25, -0.2) is 0 Å². The van der Waals surface area contributed by atoms with Crippen LogP contribution < -0.4 is 5.32 Å². The zero-order valence-electron chi connectivity index (χ0n) is 13.2. The van der Waals surface area contributed by atoms with Gasteiger partial charge in [0.15, 0.2) is 0 Å². The van der Waals surface area contributed by atoms with Crippen molar-refractivity contribution in [3.05, 3.63) is 0 Å². The number of hydrogen-bond donors (Lipinski definition) is 1. The molecule has 2 atom stereocenters. The van der Waals surface area contributed by atoms with Crippen LogP contribution in [0.5, 0.6) is 0 Å². The largest absolute Gasteiger partial charge is 0.315 e. The van der Waals surface area contributed by atoms with Crippen LogP contribution in [0.15, 0.2) is 0 Å². The highest BCUT2D eigenvalue weighted by molar-refractivity contribution is 4.85. The first kappa shape index (κ1) is 15.3. The monoisotopic (exact) mass is 266 g/mol. The van der Waals surface area contributed by atoms with Crippen LogP contribution in [-0.4, -0.2) is 37.1 Å². The van der Waals surface area contributed by atoms with E-state index in [1.807, 2.05) is 0 Å². The maximum absolute atomic E-state index is 3.64. The van der Waals surface area contributed by atoms with Crippen LogP contribution >= 0.6 is 0 Å². The van der Waals surface area contributed by atoms with Crippen molar-refractivity contribution < 1.29 is 0 Å². The highest BCUT2D eigenvalue weighted by Gasteiger charge is 2.28. The van der Waals surface area contributed by atoms with Crippen LogP contribution in [0.25, 0.3) is 0 Å². The number of likely N-dealkylation sites (N-methyl/N-ethyl adjacent to an activating group) is 1. The molecule has 0 amide bonds. The fourth-order valence-corrected chi connectivity index (χ4v) is 4.23. The Kier molecular flexibility index (Phi) is 6.66. The van der Waals surface area contributed by atoms with Gasteiger partial charge in [0, 0.05) is 18.6 Å². The standard InChI is InChI=1S/C17H34N2/c1-3-9-16-12-7-8-13-19(16)14-17(18-2)15-10-5-4-6-11-15/h15-18H,3-14H2,1-2H3. The highest BCUT2D eigenvalue weighted by Crippen LogP contribution is 2.28. The first-order valence-corrected chi connectivity index (χ1v) is 8.76. The van der Waals surface area contributed by atoms with E-state index in [0.717, 1.165) is 18.0 Å². The summed E-state index contributed by atoms with van der Waals surface area (Å²) in [4.78, 5) is 2.81. The minimum atomic E-state index is 0.734. The van der Waals surface area contributed by atoms with Crippen LogP contribution in [0.1, 0.15) is 71.1 Å². The van der Waals surface area contributed by atoms with E-state index in [-0.39, 0.29) is 0 Å². The van der Waals surface area contributed by atoms with Crippen LogP contribution in [0, 0.1) is 5.92 Å². The van der Waals surface area contributed by atoms with Crippen molar-refractivity contribution >= 4 is 0 Å². The first-order valence-electron chi connectivity index (χ1n) is 8.76. The van der Waals surface area contributed by atoms with Gasteiger partial charge >= 0.3 is 0 Å². The number of rotatable bonds is 6. The molecule has 19 heavy (non-hydrogen) atoms. The third-order valence-corrected chi connectivity index (χ3v) is 5.39. The first-order chi connectivity index (χ1) is 9.35. The van der Waals surface area contributed by atoms with Crippen molar-refractivity contribution in [2.75, 3.05) is 20.1 Å². The Labute approximate surface area is 120 Å². The Morgan fingerprint density at radius 3 is 2.47 bits per heavy atom. The third kappa shape index (κ3) is 4.46. The van der Waals surface area contributed by atoms with Crippen molar-refractivity contribution in [3.8, 4) is 0 Å². The lowest BCUT2D eigenvalue weighted by atomic mass is 9.83. The number of likely N-dealkylation sites (tertiary alicyclic amines) is 1. The quantitative estimate of drug-likeness (QED) is 0.786. The molecule has 0 aromatic heterocycles. The lowest BCUT2D eigenvalue weighted by Gasteiger charge is -2.40. The molecule has 1 saturated heterocycles. The van der Waals surface area contributed by atoms with E-state index < -0.39 is 0 Å². The van der Waals surface area contributed by atoms with Crippen molar-refractivity contribution in [1.29, 1.82) is 0 Å². The maximum Gasteiger partial charge on any atom is 0.0220 e. The second kappa shape index (κ2) is 8.26. The maximum atomic E-state index is 3.64. The summed E-state index contributed by atoms with van der Waals surface area (Å²) in [7, 11) is 2.18. The highest BCUT2D eigenvalue weighted by atomic mass is 15.2. The summed E-state index contributed by atoms with van der Waals surface area (Å²) in [6, 6.07) is 1.61. The van der Waals surface area contributed by atoms with Crippen LogP contribution in [0.2, 0.25) is 0 Å². The Morgan fingerprint density at radius 2 is 1.79 bits per heavy atom. The Morgan fingerprint density at radius 1 is 1.05 bits per heavy atom. The lowest BCUT2D eigenvalue weighted by molar-refractivity contribution is 0.107. The minimum absolute atomic E-state index is 0.734. The molecule has 0 radical (unpaired) electrons. The average Bonchev–Trinajstić information content (AvgIpc) is 2.47. The molecule has 2 heteroatoms. The number of nitrogens with zero attached hydrogens (tertiary/aromatic N) is 1. The molecule has 2 fully saturated rings. The van der Waals surface area contributed by atoms with Crippen LogP contribution in [-0.2, 0) is 0 Å². The Balaban J connectivity index is 1.87. The van der Waals surface area contributed by atoms with E-state index in [9.17, 15) is 0 Å². The summed E-state index contributed by atoms with van der Waals surface area (Å²) in [6.07, 6.45) is 14.4. The molecule has 0 bridgehead atoms. The molecule has 1 aliphatic heterocycles. The zero-order valence-corrected chi connectivity index (χ0v) is 13.2. The van der Waals surface area contributed by atoms with Gasteiger partial charge in [-0.3, -0.25) is 4.90 Å². The van der Waals surface area contributed by atoms with Crippen molar-refractivity contribution in [2.24, 2.45) is 5.92 Å². The van der Waals surface area contributed by atoms with Crippen molar-refractivity contribution in [3.63, 3.8) is 0 Å². The molecular weight excluding hydrogens is 232 g/mol. The van der Waals surface area contributed by atoms with E-state index >= 15 is 0 Å². The Hall–Kier alpha value is -0.0800. The minimum Gasteiger partial charge on any atom is -0.315 e. The predicted octanol–water partition coefficient (Wildman–Crippen LogP) is 3.81. The Bertz CT molecular complexity index is 223. The summed E-state index contributed by atoms with van der Waals surface area (Å²) < 4.78 is 0. The molecule has 1 heterocycles. The molecule has 2 nitrogen and oxygen atoms in total. The van der Waals surface area contributed by atoms with Gasteiger partial charge in [0.25, 0.3) is 0 Å². The van der Waals surface area contributed by atoms with E-state index in [1.165, 1.54) is 77.3 Å². The average molecular weight is 266 g/mol. The molecule has 0 aromatic rings. The van der Waals surface area contributed by atoms with Crippen molar-refractivity contribution in [1.82, 2.24) is 10.2 Å². The molecule has 0 spiro atoms. The predicted molar refractivity (Wildman–Crippen MR) is 83.5 cm³/mol. The molecule has 2 unspecified atom stereocenters. The molecule has 1 saturated carbocycles. The van der Waals surface area contributed by atoms with Gasteiger partial charge in [-0.2, -0.15) is 0 Å². The molecule has 2 aliphatic rings. The summed E-state index contributed by atoms with van der Waals surface area (Å²) in [5.74, 6) is 0.933. The van der Waals surface area contributed by atoms with Gasteiger partial charge in [0.1, 0.15) is 0 Å². The molecule has 112 valence electrons. The summed E-state index contributed by atoms with van der Waals surface area (Å²) in [5, 5.41) is 3.64. The number of hydrogen-bond acceptors (Lipinski definition) is 2. The second-order valence-corrected chi connectivity index (χ2v) is 6.73. The smallest absolute Gasteiger partial charge is 0.0220 e. The summed E-state index contributed by atoms with van der Waals surface area (Å²) >= 11 is 0. The number of nitrogens with one attached hydrogen (secondary N) is 1. The lowest BCUT2D eigenvalue weighted by Crippen LogP contribution is -2.49. The second-order valence-electron chi connectivity index (χ2n) is 6.73. The van der Waals surface area contributed by atoms with E-state index in [0.29, 0.717) is 0 Å². The fraction of sp³-hybridized carbons (Fsp3) is 1.00. The van der Waals surface area contributed by atoms with Gasteiger partial charge in [-0.1, -0.05) is 39.0 Å². The van der Waals surface area contributed by atoms with E-state index in [1.54, 1.807) is 0 Å². The van der Waals surface area contributed by atoms with Gasteiger partial charge in [0.2, 0.25) is 0 Å². The number of piperidine rings is 1. The van der Waals surface area contributed by atoms with Gasteiger partial charge in [-0.05, 0) is 51.6 Å². The molecule has 0 aromatic carbocycles. The summed E-state index contributed by atoms with van der Waals surface area (Å²) in [6.45, 7) is 4.98. The third-order valence-electron chi connectivity index (χ3n) is 5.39. The fourth-order valence-electron chi connectivity index (χ4n) is 4.23. The topological polar surface area (TPSA) is 15.3 Å². The SMILES string of the molecule is CCCC1CCCCN1CC(NC)C1CCCCC1. The molecular formula is C17H34N2. The molecule has 1 N–H and O–H groups in total. The summed E-state index contributed by atoms with van der Waals surface area (Å²) in [5.41, 5.74) is 0. The van der Waals surface area contributed by atoms with E-state index in [2.05, 4.69) is 24.2 Å². The van der Waals surface area contributed by atoms with Gasteiger partial charge in [-0.15, -0.1) is 0 Å².